The SMILES string of the molecule is CC(C)C[C@H](N)C(=O)N1CCN(c2cccc(C(F)(F)F)c2)CC1. The molecule has 0 saturated carbocycles. The molecule has 1 amide bonds. The molecule has 24 heavy (non-hydrogen) atoms. The second-order valence-corrected chi connectivity index (χ2v) is 6.60. The topological polar surface area (TPSA) is 49.6 Å². The molecule has 0 radical (unpaired) electrons. The average molecular weight is 343 g/mol. The summed E-state index contributed by atoms with van der Waals surface area (Å²) in [6.07, 6.45) is -3.72. The van der Waals surface area contributed by atoms with Gasteiger partial charge >= 0.3 is 6.18 Å². The van der Waals surface area contributed by atoms with Gasteiger partial charge in [0, 0.05) is 31.9 Å². The Kier molecular flexibility index (Phi) is 5.74. The molecular weight excluding hydrogens is 319 g/mol. The van der Waals surface area contributed by atoms with E-state index in [4.69, 9.17) is 5.73 Å². The zero-order valence-corrected chi connectivity index (χ0v) is 14.0. The van der Waals surface area contributed by atoms with Gasteiger partial charge < -0.3 is 15.5 Å². The number of hydrogen-bond donors (Lipinski definition) is 1. The van der Waals surface area contributed by atoms with E-state index in [0.717, 1.165) is 12.1 Å². The molecule has 1 aromatic carbocycles. The lowest BCUT2D eigenvalue weighted by molar-refractivity contribution is -0.137. The van der Waals surface area contributed by atoms with E-state index in [1.165, 1.54) is 6.07 Å². The number of anilines is 1. The monoisotopic (exact) mass is 343 g/mol. The van der Waals surface area contributed by atoms with Crippen LogP contribution in [0.3, 0.4) is 0 Å². The Morgan fingerprint density at radius 2 is 1.83 bits per heavy atom. The van der Waals surface area contributed by atoms with E-state index >= 15 is 0 Å². The molecule has 2 rings (SSSR count). The minimum absolute atomic E-state index is 0.0765. The molecule has 0 unspecified atom stereocenters. The third kappa shape index (κ3) is 4.63. The van der Waals surface area contributed by atoms with Crippen LogP contribution >= 0.6 is 0 Å². The molecule has 1 heterocycles. The van der Waals surface area contributed by atoms with Crippen LogP contribution < -0.4 is 10.6 Å². The Morgan fingerprint density at radius 1 is 1.21 bits per heavy atom. The number of nitrogens with two attached hydrogens (primary N) is 1. The number of halogens is 3. The van der Waals surface area contributed by atoms with Crippen molar-refractivity contribution < 1.29 is 18.0 Å². The zero-order valence-electron chi connectivity index (χ0n) is 14.0. The van der Waals surface area contributed by atoms with Crippen molar-refractivity contribution in [1.82, 2.24) is 4.90 Å². The molecule has 1 fully saturated rings. The smallest absolute Gasteiger partial charge is 0.368 e. The minimum atomic E-state index is -4.35. The lowest BCUT2D eigenvalue weighted by Gasteiger charge is -2.37. The van der Waals surface area contributed by atoms with Crippen LogP contribution in [0.2, 0.25) is 0 Å². The number of nitrogens with zero attached hydrogens (tertiary/aromatic N) is 2. The highest BCUT2D eigenvalue weighted by molar-refractivity contribution is 5.82. The summed E-state index contributed by atoms with van der Waals surface area (Å²) in [5.74, 6) is 0.266. The van der Waals surface area contributed by atoms with E-state index in [0.29, 0.717) is 44.2 Å². The standard InChI is InChI=1S/C17H24F3N3O/c1-12(2)10-15(21)16(24)23-8-6-22(7-9-23)14-5-3-4-13(11-14)17(18,19)20/h3-5,11-12,15H,6-10,21H2,1-2H3/t15-/m0/s1. The summed E-state index contributed by atoms with van der Waals surface area (Å²) in [6, 6.07) is 4.78. The third-order valence-corrected chi connectivity index (χ3v) is 4.17. The Balaban J connectivity index is 1.97. The molecule has 1 aromatic rings. The molecular formula is C17H24F3N3O. The van der Waals surface area contributed by atoms with Crippen molar-refractivity contribution in [3.8, 4) is 0 Å². The third-order valence-electron chi connectivity index (χ3n) is 4.17. The van der Waals surface area contributed by atoms with Crippen LogP contribution in [0.1, 0.15) is 25.8 Å². The van der Waals surface area contributed by atoms with Crippen LogP contribution in [-0.2, 0) is 11.0 Å². The molecule has 0 bridgehead atoms. The molecule has 1 saturated heterocycles. The first-order valence-electron chi connectivity index (χ1n) is 8.15. The van der Waals surface area contributed by atoms with Gasteiger partial charge in [0.1, 0.15) is 0 Å². The highest BCUT2D eigenvalue weighted by atomic mass is 19.4. The van der Waals surface area contributed by atoms with Gasteiger partial charge in [0.25, 0.3) is 0 Å². The minimum Gasteiger partial charge on any atom is -0.368 e. The largest absolute Gasteiger partial charge is 0.416 e. The van der Waals surface area contributed by atoms with E-state index in [9.17, 15) is 18.0 Å². The van der Waals surface area contributed by atoms with E-state index in [-0.39, 0.29) is 5.91 Å². The highest BCUT2D eigenvalue weighted by Gasteiger charge is 2.31. The highest BCUT2D eigenvalue weighted by Crippen LogP contribution is 2.31. The van der Waals surface area contributed by atoms with Crippen LogP contribution in [0, 0.1) is 5.92 Å². The van der Waals surface area contributed by atoms with Crippen molar-refractivity contribution in [2.45, 2.75) is 32.5 Å². The summed E-state index contributed by atoms with van der Waals surface area (Å²) >= 11 is 0. The summed E-state index contributed by atoms with van der Waals surface area (Å²) in [4.78, 5) is 15.9. The molecule has 7 heteroatoms. The second-order valence-electron chi connectivity index (χ2n) is 6.60. The Hall–Kier alpha value is -1.76. The Labute approximate surface area is 140 Å². The molecule has 2 N–H and O–H groups in total. The summed E-state index contributed by atoms with van der Waals surface area (Å²) in [7, 11) is 0. The molecule has 4 nitrogen and oxygen atoms in total. The van der Waals surface area contributed by atoms with Crippen LogP contribution in [-0.4, -0.2) is 43.0 Å². The van der Waals surface area contributed by atoms with Crippen LogP contribution in [0.5, 0.6) is 0 Å². The van der Waals surface area contributed by atoms with Crippen LogP contribution in [0.4, 0.5) is 18.9 Å². The molecule has 1 aliphatic rings. The molecule has 1 aliphatic heterocycles. The fourth-order valence-corrected chi connectivity index (χ4v) is 2.91. The van der Waals surface area contributed by atoms with E-state index < -0.39 is 17.8 Å². The molecule has 134 valence electrons. The van der Waals surface area contributed by atoms with Crippen molar-refractivity contribution in [2.24, 2.45) is 11.7 Å². The van der Waals surface area contributed by atoms with Crippen molar-refractivity contribution in [3.05, 3.63) is 29.8 Å². The number of benzene rings is 1. The fourth-order valence-electron chi connectivity index (χ4n) is 2.91. The summed E-state index contributed by atoms with van der Waals surface area (Å²) in [6.45, 7) is 5.97. The lowest BCUT2D eigenvalue weighted by Crippen LogP contribution is -2.53. The number of rotatable bonds is 4. The Bertz CT molecular complexity index is 566. The first-order chi connectivity index (χ1) is 11.2. The van der Waals surface area contributed by atoms with E-state index in [1.807, 2.05) is 18.7 Å². The zero-order chi connectivity index (χ0) is 17.9. The number of carbonyl (C=O) groups excluding carboxylic acids is 1. The van der Waals surface area contributed by atoms with Crippen molar-refractivity contribution >= 4 is 11.6 Å². The van der Waals surface area contributed by atoms with Crippen LogP contribution in [0.25, 0.3) is 0 Å². The maximum Gasteiger partial charge on any atom is 0.416 e. The van der Waals surface area contributed by atoms with Gasteiger partial charge in [-0.05, 0) is 30.5 Å². The van der Waals surface area contributed by atoms with Crippen molar-refractivity contribution in [1.29, 1.82) is 0 Å². The van der Waals surface area contributed by atoms with Gasteiger partial charge in [-0.1, -0.05) is 19.9 Å². The average Bonchev–Trinajstić information content (AvgIpc) is 2.53. The maximum absolute atomic E-state index is 12.8. The number of alkyl halides is 3. The second kappa shape index (κ2) is 7.42. The van der Waals surface area contributed by atoms with Crippen molar-refractivity contribution in [2.75, 3.05) is 31.1 Å². The number of piperazine rings is 1. The summed E-state index contributed by atoms with van der Waals surface area (Å²) in [5, 5.41) is 0. The van der Waals surface area contributed by atoms with Gasteiger partial charge in [0.05, 0.1) is 11.6 Å². The van der Waals surface area contributed by atoms with Crippen LogP contribution in [0.15, 0.2) is 24.3 Å². The lowest BCUT2D eigenvalue weighted by atomic mass is 10.0. The molecule has 0 aliphatic carbocycles. The quantitative estimate of drug-likeness (QED) is 0.914. The summed E-state index contributed by atoms with van der Waals surface area (Å²) < 4.78 is 38.4. The first-order valence-corrected chi connectivity index (χ1v) is 8.15. The molecule has 0 spiro atoms. The normalized spacial score (nSPS) is 17.3. The molecule has 0 aromatic heterocycles. The fraction of sp³-hybridized carbons (Fsp3) is 0.588. The first kappa shape index (κ1) is 18.6. The molecule has 1 atom stereocenters. The Morgan fingerprint density at radius 3 is 2.38 bits per heavy atom. The number of hydrogen-bond acceptors (Lipinski definition) is 3. The predicted molar refractivity (Wildman–Crippen MR) is 87.7 cm³/mol. The van der Waals surface area contributed by atoms with E-state index in [1.54, 1.807) is 11.0 Å². The van der Waals surface area contributed by atoms with Gasteiger partial charge in [0.15, 0.2) is 0 Å². The van der Waals surface area contributed by atoms with Gasteiger partial charge in [0.2, 0.25) is 5.91 Å². The van der Waals surface area contributed by atoms with Gasteiger partial charge in [-0.2, -0.15) is 13.2 Å². The van der Waals surface area contributed by atoms with Gasteiger partial charge in [-0.15, -0.1) is 0 Å². The van der Waals surface area contributed by atoms with Gasteiger partial charge in [-0.25, -0.2) is 0 Å². The number of amides is 1. The van der Waals surface area contributed by atoms with Crippen molar-refractivity contribution in [3.63, 3.8) is 0 Å². The maximum atomic E-state index is 12.8. The van der Waals surface area contributed by atoms with E-state index in [2.05, 4.69) is 0 Å². The number of carbonyl (C=O) groups is 1. The van der Waals surface area contributed by atoms with Gasteiger partial charge in [-0.3, -0.25) is 4.79 Å². The summed E-state index contributed by atoms with van der Waals surface area (Å²) in [5.41, 5.74) is 5.81. The predicted octanol–water partition coefficient (Wildman–Crippen LogP) is 2.73.